The molecule has 1 aromatic heterocycles. The number of halogens is 2. The lowest BCUT2D eigenvalue weighted by atomic mass is 10.3. The Labute approximate surface area is 141 Å². The molecule has 0 atom stereocenters. The molecular formula is C11H13Cl2NO6S2. The fourth-order valence-corrected chi connectivity index (χ4v) is 4.65. The van der Waals surface area contributed by atoms with Gasteiger partial charge in [0.1, 0.15) is 9.23 Å². The van der Waals surface area contributed by atoms with Gasteiger partial charge in [0.15, 0.2) is 0 Å². The number of carbonyl (C=O) groups excluding carboxylic acids is 2. The summed E-state index contributed by atoms with van der Waals surface area (Å²) >= 11 is 12.3. The third-order valence-electron chi connectivity index (χ3n) is 2.23. The van der Waals surface area contributed by atoms with Crippen molar-refractivity contribution in [1.29, 1.82) is 0 Å². The van der Waals surface area contributed by atoms with Gasteiger partial charge in [0.2, 0.25) is 16.1 Å². The van der Waals surface area contributed by atoms with Gasteiger partial charge in [0.25, 0.3) is 0 Å². The van der Waals surface area contributed by atoms with Gasteiger partial charge in [-0.25, -0.2) is 18.0 Å². The zero-order valence-electron chi connectivity index (χ0n) is 11.6. The molecule has 0 fully saturated rings. The Bertz CT molecular complexity index is 640. The van der Waals surface area contributed by atoms with Gasteiger partial charge >= 0.3 is 11.9 Å². The van der Waals surface area contributed by atoms with Crippen LogP contribution in [0.4, 0.5) is 0 Å². The molecule has 0 amide bonds. The van der Waals surface area contributed by atoms with Gasteiger partial charge in [-0.15, -0.1) is 11.3 Å². The van der Waals surface area contributed by atoms with Gasteiger partial charge in [-0.1, -0.05) is 23.2 Å². The molecule has 0 saturated heterocycles. The van der Waals surface area contributed by atoms with Crippen LogP contribution in [0.15, 0.2) is 11.0 Å². The molecule has 1 N–H and O–H groups in total. The highest BCUT2D eigenvalue weighted by atomic mass is 35.5. The van der Waals surface area contributed by atoms with Crippen LogP contribution in [0.25, 0.3) is 0 Å². The topological polar surface area (TPSA) is 98.8 Å². The van der Waals surface area contributed by atoms with Crippen molar-refractivity contribution < 1.29 is 27.5 Å². The van der Waals surface area contributed by atoms with E-state index >= 15 is 0 Å². The first-order valence-electron chi connectivity index (χ1n) is 6.03. The average Bonchev–Trinajstić information content (AvgIpc) is 2.76. The van der Waals surface area contributed by atoms with E-state index < -0.39 is 28.0 Å². The molecule has 0 aromatic carbocycles. The van der Waals surface area contributed by atoms with E-state index in [9.17, 15) is 18.0 Å². The zero-order chi connectivity index (χ0) is 16.9. The summed E-state index contributed by atoms with van der Waals surface area (Å²) in [5, 5.41) is 0. The van der Waals surface area contributed by atoms with E-state index in [1.165, 1.54) is 13.8 Å². The second-order valence-electron chi connectivity index (χ2n) is 3.75. The number of sulfonamides is 1. The Morgan fingerprint density at radius 3 is 2.09 bits per heavy atom. The van der Waals surface area contributed by atoms with Crippen molar-refractivity contribution in [1.82, 2.24) is 4.72 Å². The molecule has 7 nitrogen and oxygen atoms in total. The van der Waals surface area contributed by atoms with E-state index in [-0.39, 0.29) is 26.8 Å². The SMILES string of the molecule is CCOC(=O)C(NS(=O)(=O)c1cc(Cl)sc1Cl)C(=O)OCC. The monoisotopic (exact) mass is 389 g/mol. The maximum atomic E-state index is 12.2. The van der Waals surface area contributed by atoms with Crippen LogP contribution in [0.5, 0.6) is 0 Å². The molecule has 124 valence electrons. The number of ether oxygens (including phenoxy) is 2. The molecule has 0 aliphatic carbocycles. The number of nitrogens with one attached hydrogen (secondary N) is 1. The van der Waals surface area contributed by atoms with Crippen LogP contribution in [-0.4, -0.2) is 39.6 Å². The minimum absolute atomic E-state index is 0.0263. The Morgan fingerprint density at radius 2 is 1.73 bits per heavy atom. The summed E-state index contributed by atoms with van der Waals surface area (Å²) in [5.41, 5.74) is 0. The molecule has 0 bridgehead atoms. The molecule has 0 aliphatic rings. The summed E-state index contributed by atoms with van der Waals surface area (Å²) in [4.78, 5) is 23.2. The lowest BCUT2D eigenvalue weighted by molar-refractivity contribution is -0.157. The van der Waals surface area contributed by atoms with E-state index in [0.717, 1.165) is 17.4 Å². The minimum Gasteiger partial charge on any atom is -0.464 e. The molecule has 1 heterocycles. The third kappa shape index (κ3) is 4.82. The number of esters is 2. The first-order valence-corrected chi connectivity index (χ1v) is 9.08. The maximum absolute atomic E-state index is 12.2. The smallest absolute Gasteiger partial charge is 0.335 e. The Hall–Kier alpha value is -0.870. The number of carbonyl (C=O) groups is 2. The second-order valence-corrected chi connectivity index (χ2v) is 7.71. The van der Waals surface area contributed by atoms with Crippen molar-refractivity contribution in [2.24, 2.45) is 0 Å². The Morgan fingerprint density at radius 1 is 1.23 bits per heavy atom. The van der Waals surface area contributed by atoms with Crippen molar-refractivity contribution in [3.8, 4) is 0 Å². The van der Waals surface area contributed by atoms with Gasteiger partial charge in [0.05, 0.1) is 17.6 Å². The van der Waals surface area contributed by atoms with E-state index in [1.807, 2.05) is 4.72 Å². The Balaban J connectivity index is 3.09. The summed E-state index contributed by atoms with van der Waals surface area (Å²) < 4.78 is 35.8. The molecular weight excluding hydrogens is 377 g/mol. The van der Waals surface area contributed by atoms with Crippen molar-refractivity contribution in [3.05, 3.63) is 14.7 Å². The summed E-state index contributed by atoms with van der Waals surface area (Å²) in [6, 6.07) is -0.704. The highest BCUT2D eigenvalue weighted by Crippen LogP contribution is 2.34. The number of hydrogen-bond acceptors (Lipinski definition) is 7. The van der Waals surface area contributed by atoms with Crippen LogP contribution in [0.1, 0.15) is 13.8 Å². The number of rotatable bonds is 7. The van der Waals surface area contributed by atoms with Gasteiger partial charge in [-0.2, -0.15) is 4.72 Å². The summed E-state index contributed by atoms with van der Waals surface area (Å²) in [7, 11) is -4.25. The van der Waals surface area contributed by atoms with Crippen LogP contribution in [-0.2, 0) is 29.1 Å². The molecule has 11 heteroatoms. The lowest BCUT2D eigenvalue weighted by Crippen LogP contribution is -2.48. The summed E-state index contributed by atoms with van der Waals surface area (Å²) in [5.74, 6) is -2.14. The van der Waals surface area contributed by atoms with Gasteiger partial charge in [-0.05, 0) is 19.9 Å². The molecule has 0 spiro atoms. The predicted octanol–water partition coefficient (Wildman–Crippen LogP) is 1.83. The molecule has 0 aliphatic heterocycles. The largest absolute Gasteiger partial charge is 0.464 e. The van der Waals surface area contributed by atoms with E-state index in [0.29, 0.717) is 0 Å². The Kier molecular flexibility index (Phi) is 7.07. The molecule has 0 saturated carbocycles. The molecule has 0 radical (unpaired) electrons. The van der Waals surface area contributed by atoms with Crippen LogP contribution >= 0.6 is 34.5 Å². The minimum atomic E-state index is -4.25. The zero-order valence-corrected chi connectivity index (χ0v) is 14.7. The maximum Gasteiger partial charge on any atom is 0.335 e. The molecule has 1 rings (SSSR count). The standard InChI is InChI=1S/C11H13Cl2NO6S2/c1-3-19-10(15)8(11(16)20-4-2)14-22(17,18)6-5-7(12)21-9(6)13/h5,8,14H,3-4H2,1-2H3. The van der Waals surface area contributed by atoms with Gasteiger partial charge < -0.3 is 9.47 Å². The van der Waals surface area contributed by atoms with Crippen molar-refractivity contribution >= 4 is 56.5 Å². The lowest BCUT2D eigenvalue weighted by Gasteiger charge is -2.15. The van der Waals surface area contributed by atoms with Crippen molar-refractivity contribution in [3.63, 3.8) is 0 Å². The first kappa shape index (κ1) is 19.2. The third-order valence-corrected chi connectivity index (χ3v) is 5.41. The fraction of sp³-hybridized carbons (Fsp3) is 0.455. The number of thiophene rings is 1. The highest BCUT2D eigenvalue weighted by Gasteiger charge is 2.35. The van der Waals surface area contributed by atoms with E-state index in [2.05, 4.69) is 9.47 Å². The summed E-state index contributed by atoms with van der Waals surface area (Å²) in [6.07, 6.45) is 0. The van der Waals surface area contributed by atoms with Crippen LogP contribution in [0.3, 0.4) is 0 Å². The van der Waals surface area contributed by atoms with Crippen LogP contribution < -0.4 is 4.72 Å². The fourth-order valence-electron chi connectivity index (χ4n) is 1.37. The quantitative estimate of drug-likeness (QED) is 0.563. The van der Waals surface area contributed by atoms with E-state index in [4.69, 9.17) is 23.2 Å². The molecule has 1 aromatic rings. The number of hydrogen-bond donors (Lipinski definition) is 1. The van der Waals surface area contributed by atoms with Gasteiger partial charge in [-0.3, -0.25) is 0 Å². The highest BCUT2D eigenvalue weighted by molar-refractivity contribution is 7.89. The van der Waals surface area contributed by atoms with E-state index in [1.54, 1.807) is 0 Å². The predicted molar refractivity (Wildman–Crippen MR) is 81.7 cm³/mol. The van der Waals surface area contributed by atoms with Crippen molar-refractivity contribution in [2.75, 3.05) is 13.2 Å². The normalized spacial score (nSPS) is 11.5. The van der Waals surface area contributed by atoms with Crippen LogP contribution in [0, 0.1) is 0 Å². The molecule has 22 heavy (non-hydrogen) atoms. The molecule has 0 unspecified atom stereocenters. The summed E-state index contributed by atoms with van der Waals surface area (Å²) in [6.45, 7) is 2.98. The average molecular weight is 390 g/mol. The van der Waals surface area contributed by atoms with Gasteiger partial charge in [0, 0.05) is 0 Å². The van der Waals surface area contributed by atoms with Crippen molar-refractivity contribution in [2.45, 2.75) is 24.8 Å². The first-order chi connectivity index (χ1) is 10.2. The second kappa shape index (κ2) is 8.11. The van der Waals surface area contributed by atoms with Crippen LogP contribution in [0.2, 0.25) is 8.67 Å².